The Hall–Kier alpha value is -0.0800. The van der Waals surface area contributed by atoms with Gasteiger partial charge in [-0.05, 0) is 40.0 Å². The number of hydrogen-bond donors (Lipinski definition) is 0. The molecule has 0 aromatic heterocycles. The second-order valence-corrected chi connectivity index (χ2v) is 6.31. The largest absolute Gasteiger partial charge is 0.241 e. The molecule has 2 nitrogen and oxygen atoms in total. The number of hydrogen-bond acceptors (Lipinski definition) is 2. The van der Waals surface area contributed by atoms with Crippen molar-refractivity contribution in [2.75, 3.05) is 19.6 Å². The zero-order valence-electron chi connectivity index (χ0n) is 13.8. The van der Waals surface area contributed by atoms with Crippen molar-refractivity contribution < 1.29 is 0 Å². The SMILES string of the molecule is CCCCN(CCCC)N(CCCC)C(C)(C)C. The van der Waals surface area contributed by atoms with Gasteiger partial charge in [0.15, 0.2) is 0 Å². The van der Waals surface area contributed by atoms with Crippen molar-refractivity contribution in [3.05, 3.63) is 0 Å². The van der Waals surface area contributed by atoms with E-state index in [0.717, 1.165) is 0 Å². The van der Waals surface area contributed by atoms with Crippen LogP contribution in [0.4, 0.5) is 0 Å². The van der Waals surface area contributed by atoms with E-state index in [9.17, 15) is 0 Å². The number of nitrogens with zero attached hydrogens (tertiary/aromatic N) is 2. The predicted octanol–water partition coefficient (Wildman–Crippen LogP) is 4.70. The zero-order chi connectivity index (χ0) is 14.0. The predicted molar refractivity (Wildman–Crippen MR) is 82.8 cm³/mol. The van der Waals surface area contributed by atoms with E-state index in [-0.39, 0.29) is 5.54 Å². The van der Waals surface area contributed by atoms with Gasteiger partial charge in [-0.3, -0.25) is 0 Å². The van der Waals surface area contributed by atoms with Gasteiger partial charge in [0.25, 0.3) is 0 Å². The van der Waals surface area contributed by atoms with Gasteiger partial charge >= 0.3 is 0 Å². The molecule has 0 aliphatic rings. The molecule has 0 spiro atoms. The van der Waals surface area contributed by atoms with Gasteiger partial charge in [0.05, 0.1) is 0 Å². The van der Waals surface area contributed by atoms with Gasteiger partial charge in [-0.25, -0.2) is 10.0 Å². The minimum atomic E-state index is 0.247. The van der Waals surface area contributed by atoms with Crippen LogP contribution in [0.3, 0.4) is 0 Å². The van der Waals surface area contributed by atoms with E-state index in [4.69, 9.17) is 0 Å². The average molecular weight is 256 g/mol. The van der Waals surface area contributed by atoms with E-state index in [0.29, 0.717) is 0 Å². The maximum Gasteiger partial charge on any atom is 0.0272 e. The highest BCUT2D eigenvalue weighted by molar-refractivity contribution is 4.75. The molecule has 0 saturated heterocycles. The van der Waals surface area contributed by atoms with Crippen LogP contribution in [0.25, 0.3) is 0 Å². The lowest BCUT2D eigenvalue weighted by atomic mass is 10.1. The van der Waals surface area contributed by atoms with Crippen LogP contribution in [0.15, 0.2) is 0 Å². The van der Waals surface area contributed by atoms with Gasteiger partial charge in [0.2, 0.25) is 0 Å². The monoisotopic (exact) mass is 256 g/mol. The summed E-state index contributed by atoms with van der Waals surface area (Å²) in [6, 6.07) is 0. The second-order valence-electron chi connectivity index (χ2n) is 6.31. The van der Waals surface area contributed by atoms with Gasteiger partial charge in [0.1, 0.15) is 0 Å². The first kappa shape index (κ1) is 17.9. The van der Waals surface area contributed by atoms with Crippen molar-refractivity contribution in [3.8, 4) is 0 Å². The highest BCUT2D eigenvalue weighted by atomic mass is 15.6. The highest BCUT2D eigenvalue weighted by Crippen LogP contribution is 2.18. The van der Waals surface area contributed by atoms with Crippen LogP contribution in [0.5, 0.6) is 0 Å². The first-order valence-electron chi connectivity index (χ1n) is 7.99. The molecule has 0 unspecified atom stereocenters. The Balaban J connectivity index is 4.59. The third-order valence-electron chi connectivity index (χ3n) is 3.38. The summed E-state index contributed by atoms with van der Waals surface area (Å²) in [5, 5.41) is 5.23. The maximum atomic E-state index is 2.61. The summed E-state index contributed by atoms with van der Waals surface area (Å²) in [5.74, 6) is 0. The van der Waals surface area contributed by atoms with Crippen LogP contribution >= 0.6 is 0 Å². The molecule has 0 rings (SSSR count). The van der Waals surface area contributed by atoms with Crippen molar-refractivity contribution in [2.24, 2.45) is 0 Å². The van der Waals surface area contributed by atoms with E-state index in [1.54, 1.807) is 0 Å². The minimum Gasteiger partial charge on any atom is -0.241 e. The summed E-state index contributed by atoms with van der Waals surface area (Å²) in [7, 11) is 0. The quantitative estimate of drug-likeness (QED) is 0.523. The maximum absolute atomic E-state index is 2.61. The molecule has 0 saturated carbocycles. The molecule has 0 radical (unpaired) electrons. The van der Waals surface area contributed by atoms with Gasteiger partial charge in [0, 0.05) is 25.2 Å². The summed E-state index contributed by atoms with van der Waals surface area (Å²) in [4.78, 5) is 0. The summed E-state index contributed by atoms with van der Waals surface area (Å²) in [6.07, 6.45) is 7.77. The molecule has 110 valence electrons. The fourth-order valence-electron chi connectivity index (χ4n) is 2.24. The Morgan fingerprint density at radius 3 is 1.39 bits per heavy atom. The molecule has 0 aliphatic heterocycles. The first-order valence-corrected chi connectivity index (χ1v) is 7.99. The van der Waals surface area contributed by atoms with Crippen molar-refractivity contribution in [2.45, 2.75) is 85.6 Å². The molecule has 0 N–H and O–H groups in total. The molecule has 0 aliphatic carbocycles. The van der Waals surface area contributed by atoms with E-state index >= 15 is 0 Å². The Labute approximate surface area is 116 Å². The van der Waals surface area contributed by atoms with Gasteiger partial charge in [-0.15, -0.1) is 0 Å². The molecule has 0 atom stereocenters. The lowest BCUT2D eigenvalue weighted by Crippen LogP contribution is -2.54. The fourth-order valence-corrected chi connectivity index (χ4v) is 2.24. The van der Waals surface area contributed by atoms with Gasteiger partial charge < -0.3 is 0 Å². The van der Waals surface area contributed by atoms with Crippen LogP contribution in [0.2, 0.25) is 0 Å². The second kappa shape index (κ2) is 9.80. The van der Waals surface area contributed by atoms with Gasteiger partial charge in [-0.2, -0.15) is 0 Å². The molecule has 0 bridgehead atoms. The van der Waals surface area contributed by atoms with E-state index in [1.165, 1.54) is 58.2 Å². The normalized spacial score (nSPS) is 12.7. The Bertz CT molecular complexity index is 176. The third-order valence-corrected chi connectivity index (χ3v) is 3.38. The molecular weight excluding hydrogens is 220 g/mol. The summed E-state index contributed by atoms with van der Waals surface area (Å²) in [5.41, 5.74) is 0.247. The molecule has 0 aromatic rings. The molecule has 0 fully saturated rings. The first-order chi connectivity index (χ1) is 8.47. The smallest absolute Gasteiger partial charge is 0.0272 e. The topological polar surface area (TPSA) is 6.48 Å². The van der Waals surface area contributed by atoms with Crippen molar-refractivity contribution >= 4 is 0 Å². The lowest BCUT2D eigenvalue weighted by Gasteiger charge is -2.44. The average Bonchev–Trinajstić information content (AvgIpc) is 2.30. The number of unbranched alkanes of at least 4 members (excludes halogenated alkanes) is 3. The minimum absolute atomic E-state index is 0.247. The molecule has 0 amide bonds. The molecular formula is C16H36N2. The van der Waals surface area contributed by atoms with Crippen molar-refractivity contribution in [1.82, 2.24) is 10.0 Å². The highest BCUT2D eigenvalue weighted by Gasteiger charge is 2.25. The Morgan fingerprint density at radius 2 is 1.06 bits per heavy atom. The zero-order valence-corrected chi connectivity index (χ0v) is 13.8. The summed E-state index contributed by atoms with van der Waals surface area (Å²) >= 11 is 0. The van der Waals surface area contributed by atoms with Crippen LogP contribution in [0, 0.1) is 0 Å². The van der Waals surface area contributed by atoms with Crippen molar-refractivity contribution in [1.29, 1.82) is 0 Å². The standard InChI is InChI=1S/C16H36N2/c1-7-10-13-17(14-11-8-2)18(15-12-9-3)16(4,5)6/h7-15H2,1-6H3. The van der Waals surface area contributed by atoms with Crippen LogP contribution < -0.4 is 0 Å². The van der Waals surface area contributed by atoms with Crippen LogP contribution in [-0.4, -0.2) is 35.2 Å². The molecule has 2 heteroatoms. The lowest BCUT2D eigenvalue weighted by molar-refractivity contribution is -0.0930. The Kier molecular flexibility index (Phi) is 9.76. The third kappa shape index (κ3) is 7.38. The molecule has 0 aromatic carbocycles. The van der Waals surface area contributed by atoms with Crippen LogP contribution in [-0.2, 0) is 0 Å². The fraction of sp³-hybridized carbons (Fsp3) is 1.00. The van der Waals surface area contributed by atoms with E-state index < -0.39 is 0 Å². The van der Waals surface area contributed by atoms with Gasteiger partial charge in [-0.1, -0.05) is 40.0 Å². The van der Waals surface area contributed by atoms with E-state index in [2.05, 4.69) is 51.6 Å². The number of rotatable bonds is 10. The number of hydrazine groups is 1. The van der Waals surface area contributed by atoms with Crippen molar-refractivity contribution in [3.63, 3.8) is 0 Å². The van der Waals surface area contributed by atoms with E-state index in [1.807, 2.05) is 0 Å². The summed E-state index contributed by atoms with van der Waals surface area (Å²) in [6.45, 7) is 17.5. The van der Waals surface area contributed by atoms with Crippen LogP contribution in [0.1, 0.15) is 80.1 Å². The summed E-state index contributed by atoms with van der Waals surface area (Å²) < 4.78 is 0. The molecule has 18 heavy (non-hydrogen) atoms. The Morgan fingerprint density at radius 1 is 0.667 bits per heavy atom. The molecule has 0 heterocycles.